The number of pyridine rings is 1. The number of rotatable bonds is 6. The Kier molecular flexibility index (Phi) is 7.21. The van der Waals surface area contributed by atoms with Crippen LogP contribution in [0.4, 0.5) is 5.82 Å². The molecule has 2 atom stereocenters. The highest BCUT2D eigenvalue weighted by Gasteiger charge is 2.44. The monoisotopic (exact) mass is 439 g/mol. The van der Waals surface area contributed by atoms with Gasteiger partial charge in [0.15, 0.2) is 5.78 Å². The summed E-state index contributed by atoms with van der Waals surface area (Å²) in [5.74, 6) is 2.22. The first kappa shape index (κ1) is 23.3. The number of anilines is 1. The number of hydrogen-bond donors (Lipinski definition) is 1. The van der Waals surface area contributed by atoms with E-state index in [1.807, 2.05) is 0 Å². The Bertz CT molecular complexity index is 826. The third-order valence-electron chi connectivity index (χ3n) is 8.30. The molecule has 1 aromatic rings. The number of nitrogens with one attached hydrogen (secondary N) is 1. The van der Waals surface area contributed by atoms with E-state index in [4.69, 9.17) is 0 Å². The fourth-order valence-corrected chi connectivity index (χ4v) is 6.32. The van der Waals surface area contributed by atoms with Gasteiger partial charge in [-0.25, -0.2) is 4.98 Å². The third-order valence-corrected chi connectivity index (χ3v) is 8.30. The van der Waals surface area contributed by atoms with Crippen molar-refractivity contribution in [3.63, 3.8) is 0 Å². The molecule has 32 heavy (non-hydrogen) atoms. The van der Waals surface area contributed by atoms with Crippen LogP contribution in [-0.2, 0) is 11.2 Å². The van der Waals surface area contributed by atoms with Gasteiger partial charge in [0.05, 0.1) is 0 Å². The van der Waals surface area contributed by atoms with E-state index in [1.165, 1.54) is 24.8 Å². The van der Waals surface area contributed by atoms with Gasteiger partial charge in [0.2, 0.25) is 5.91 Å². The van der Waals surface area contributed by atoms with Crippen LogP contribution in [0.5, 0.6) is 0 Å². The number of piperidine rings is 1. The number of amides is 1. The van der Waals surface area contributed by atoms with E-state index >= 15 is 0 Å². The molecule has 1 aliphatic heterocycles. The van der Waals surface area contributed by atoms with E-state index in [-0.39, 0.29) is 23.0 Å². The summed E-state index contributed by atoms with van der Waals surface area (Å²) in [6.07, 6.45) is 13.3. The second-order valence-corrected chi connectivity index (χ2v) is 10.9. The van der Waals surface area contributed by atoms with Crippen molar-refractivity contribution in [2.45, 2.75) is 97.4 Å². The van der Waals surface area contributed by atoms with Crippen LogP contribution in [0.3, 0.4) is 0 Å². The zero-order valence-electron chi connectivity index (χ0n) is 20.3. The highest BCUT2D eigenvalue weighted by Crippen LogP contribution is 2.45. The van der Waals surface area contributed by atoms with Crippen LogP contribution >= 0.6 is 0 Å². The molecule has 176 valence electrons. The lowest BCUT2D eigenvalue weighted by molar-refractivity contribution is -0.128. The molecule has 2 heterocycles. The largest absolute Gasteiger partial charge is 0.357 e. The van der Waals surface area contributed by atoms with Crippen molar-refractivity contribution < 1.29 is 9.59 Å². The molecular weight excluding hydrogens is 398 g/mol. The quantitative estimate of drug-likeness (QED) is 0.652. The second-order valence-electron chi connectivity index (χ2n) is 10.9. The zero-order valence-corrected chi connectivity index (χ0v) is 20.3. The number of ketones is 1. The summed E-state index contributed by atoms with van der Waals surface area (Å²) in [6.45, 7) is 8.52. The standard InChI is InChI=1S/C27H41N3O2/c1-4-20(16-19(2)3)26(32)29-24-10-5-6-11-27(24)12-14-30(15-13-27)25-17-21-8-7-9-23(31)22(21)18-28-25/h17-20,24H,4-16H2,1-3H3,(H,29,32). The van der Waals surface area contributed by atoms with Crippen molar-refractivity contribution in [3.05, 3.63) is 23.4 Å². The third kappa shape index (κ3) is 4.87. The average molecular weight is 440 g/mol. The van der Waals surface area contributed by atoms with Crippen molar-refractivity contribution in [3.8, 4) is 0 Å². The first-order valence-corrected chi connectivity index (χ1v) is 13.0. The topological polar surface area (TPSA) is 62.3 Å². The van der Waals surface area contributed by atoms with E-state index in [9.17, 15) is 9.59 Å². The van der Waals surface area contributed by atoms with Crippen molar-refractivity contribution in [1.82, 2.24) is 10.3 Å². The Morgan fingerprint density at radius 1 is 1.19 bits per heavy atom. The van der Waals surface area contributed by atoms with E-state index in [0.29, 0.717) is 18.4 Å². The van der Waals surface area contributed by atoms with E-state index < -0.39 is 0 Å². The summed E-state index contributed by atoms with van der Waals surface area (Å²) < 4.78 is 0. The molecule has 2 aliphatic carbocycles. The first-order chi connectivity index (χ1) is 15.4. The fourth-order valence-electron chi connectivity index (χ4n) is 6.32. The Hall–Kier alpha value is -1.91. The minimum absolute atomic E-state index is 0.136. The molecule has 1 N–H and O–H groups in total. The summed E-state index contributed by atoms with van der Waals surface area (Å²) in [6, 6.07) is 2.46. The maximum Gasteiger partial charge on any atom is 0.223 e. The normalized spacial score (nSPS) is 23.8. The Balaban J connectivity index is 1.42. The number of carbonyl (C=O) groups excluding carboxylic acids is 2. The average Bonchev–Trinajstić information content (AvgIpc) is 2.79. The highest BCUT2D eigenvalue weighted by molar-refractivity contribution is 5.98. The molecule has 1 spiro atoms. The molecule has 2 unspecified atom stereocenters. The number of aryl methyl sites for hydroxylation is 1. The lowest BCUT2D eigenvalue weighted by Gasteiger charge is -2.50. The van der Waals surface area contributed by atoms with E-state index in [1.54, 1.807) is 6.20 Å². The Labute approximate surface area is 193 Å². The van der Waals surface area contributed by atoms with Crippen LogP contribution in [0, 0.1) is 17.3 Å². The minimum Gasteiger partial charge on any atom is -0.357 e. The highest BCUT2D eigenvalue weighted by atomic mass is 16.2. The molecule has 1 amide bonds. The summed E-state index contributed by atoms with van der Waals surface area (Å²) in [4.78, 5) is 32.3. The van der Waals surface area contributed by atoms with Crippen LogP contribution in [0.1, 0.15) is 101 Å². The van der Waals surface area contributed by atoms with Crippen molar-refractivity contribution in [2.24, 2.45) is 17.3 Å². The van der Waals surface area contributed by atoms with Gasteiger partial charge in [0.1, 0.15) is 5.82 Å². The van der Waals surface area contributed by atoms with Gasteiger partial charge in [-0.1, -0.05) is 33.6 Å². The van der Waals surface area contributed by atoms with Crippen molar-refractivity contribution in [1.29, 1.82) is 0 Å². The summed E-state index contributed by atoms with van der Waals surface area (Å²) in [5.41, 5.74) is 2.23. The first-order valence-electron chi connectivity index (χ1n) is 13.0. The molecule has 0 bridgehead atoms. The van der Waals surface area contributed by atoms with E-state index in [0.717, 1.165) is 69.4 Å². The minimum atomic E-state index is 0.136. The predicted octanol–water partition coefficient (Wildman–Crippen LogP) is 5.32. The molecule has 4 rings (SSSR count). The van der Waals surface area contributed by atoms with Crippen molar-refractivity contribution >= 4 is 17.5 Å². The van der Waals surface area contributed by atoms with Crippen molar-refractivity contribution in [2.75, 3.05) is 18.0 Å². The van der Waals surface area contributed by atoms with Gasteiger partial charge in [-0.3, -0.25) is 9.59 Å². The van der Waals surface area contributed by atoms with Crippen LogP contribution in [-0.4, -0.2) is 35.8 Å². The molecule has 3 aliphatic rings. The van der Waals surface area contributed by atoms with Crippen LogP contribution < -0.4 is 10.2 Å². The second kappa shape index (κ2) is 9.93. The molecule has 5 heteroatoms. The number of fused-ring (bicyclic) bond motifs is 1. The van der Waals surface area contributed by atoms with Gasteiger partial charge >= 0.3 is 0 Å². The van der Waals surface area contributed by atoms with Gasteiger partial charge < -0.3 is 10.2 Å². The summed E-state index contributed by atoms with van der Waals surface area (Å²) in [7, 11) is 0. The smallest absolute Gasteiger partial charge is 0.223 e. The van der Waals surface area contributed by atoms with Crippen LogP contribution in [0.2, 0.25) is 0 Å². The van der Waals surface area contributed by atoms with Gasteiger partial charge in [0.25, 0.3) is 0 Å². The number of Topliss-reactive ketones (excluding diaryl/α,β-unsaturated/α-hetero) is 1. The maximum atomic E-state index is 13.1. The molecule has 1 saturated heterocycles. The molecule has 0 aromatic carbocycles. The summed E-state index contributed by atoms with van der Waals surface area (Å²) >= 11 is 0. The number of hydrogen-bond acceptors (Lipinski definition) is 4. The van der Waals surface area contributed by atoms with Gasteiger partial charge in [-0.05, 0) is 74.3 Å². The molecule has 5 nitrogen and oxygen atoms in total. The number of nitrogens with zero attached hydrogens (tertiary/aromatic N) is 2. The van der Waals surface area contributed by atoms with Gasteiger partial charge in [-0.15, -0.1) is 0 Å². The Morgan fingerprint density at radius 3 is 2.69 bits per heavy atom. The predicted molar refractivity (Wildman–Crippen MR) is 129 cm³/mol. The Morgan fingerprint density at radius 2 is 1.97 bits per heavy atom. The lowest BCUT2D eigenvalue weighted by Crippen LogP contribution is -2.55. The maximum absolute atomic E-state index is 13.1. The lowest BCUT2D eigenvalue weighted by atomic mass is 9.64. The number of aromatic nitrogens is 1. The molecule has 1 aromatic heterocycles. The fraction of sp³-hybridized carbons (Fsp3) is 0.741. The number of carbonyl (C=O) groups is 2. The van der Waals surface area contributed by atoms with E-state index in [2.05, 4.69) is 42.0 Å². The van der Waals surface area contributed by atoms with Gasteiger partial charge in [-0.2, -0.15) is 0 Å². The zero-order chi connectivity index (χ0) is 22.7. The molecule has 1 saturated carbocycles. The molecular formula is C27H41N3O2. The van der Waals surface area contributed by atoms with Gasteiger partial charge in [0, 0.05) is 43.2 Å². The molecule has 2 fully saturated rings. The van der Waals surface area contributed by atoms with Crippen LogP contribution in [0.25, 0.3) is 0 Å². The molecule has 0 radical (unpaired) electrons. The van der Waals surface area contributed by atoms with Crippen LogP contribution in [0.15, 0.2) is 12.3 Å². The SMILES string of the molecule is CCC(CC(C)C)C(=O)NC1CCCCC12CCN(c1cc3c(cn1)C(=O)CCC3)CC2. The summed E-state index contributed by atoms with van der Waals surface area (Å²) in [5, 5.41) is 3.53.